The molecule has 1 atom stereocenters. The molecule has 1 unspecified atom stereocenters. The highest BCUT2D eigenvalue weighted by molar-refractivity contribution is 5.75. The van der Waals surface area contributed by atoms with E-state index >= 15 is 0 Å². The first-order valence-corrected chi connectivity index (χ1v) is 7.48. The highest BCUT2D eigenvalue weighted by Crippen LogP contribution is 2.26. The fourth-order valence-electron chi connectivity index (χ4n) is 2.32. The highest BCUT2D eigenvalue weighted by atomic mass is 16.5. The smallest absolute Gasteiger partial charge is 0.325 e. The third-order valence-electron chi connectivity index (χ3n) is 3.67. The minimum Gasteiger partial charge on any atom is -0.489 e. The lowest BCUT2D eigenvalue weighted by Crippen LogP contribution is -2.30. The molecule has 0 aromatic heterocycles. The summed E-state index contributed by atoms with van der Waals surface area (Å²) < 4.78 is 5.76. The van der Waals surface area contributed by atoms with Crippen LogP contribution in [-0.2, 0) is 11.4 Å². The van der Waals surface area contributed by atoms with Gasteiger partial charge in [0.1, 0.15) is 18.4 Å². The summed E-state index contributed by atoms with van der Waals surface area (Å²) in [6, 6.07) is 16.9. The lowest BCUT2D eigenvalue weighted by atomic mass is 10.1. The molecule has 114 valence electrons. The van der Waals surface area contributed by atoms with E-state index in [1.54, 1.807) is 6.07 Å². The third-order valence-corrected chi connectivity index (χ3v) is 3.67. The number of hydrogen-bond acceptors (Lipinski definition) is 3. The van der Waals surface area contributed by atoms with Crippen molar-refractivity contribution in [1.29, 1.82) is 0 Å². The van der Waals surface area contributed by atoms with Crippen molar-refractivity contribution in [3.8, 4) is 5.75 Å². The Morgan fingerprint density at radius 2 is 1.95 bits per heavy atom. The van der Waals surface area contributed by atoms with Crippen molar-refractivity contribution in [3.63, 3.8) is 0 Å². The summed E-state index contributed by atoms with van der Waals surface area (Å²) in [7, 11) is 0. The van der Waals surface area contributed by atoms with Crippen LogP contribution in [-0.4, -0.2) is 17.1 Å². The first-order chi connectivity index (χ1) is 10.7. The summed E-state index contributed by atoms with van der Waals surface area (Å²) in [6.07, 6.45) is 2.10. The van der Waals surface area contributed by atoms with Gasteiger partial charge >= 0.3 is 5.97 Å². The van der Waals surface area contributed by atoms with Gasteiger partial charge in [0.25, 0.3) is 0 Å². The van der Waals surface area contributed by atoms with Crippen LogP contribution in [0.1, 0.15) is 30.0 Å². The monoisotopic (exact) mass is 297 g/mol. The van der Waals surface area contributed by atoms with E-state index in [-0.39, 0.29) is 0 Å². The molecule has 2 aromatic rings. The van der Waals surface area contributed by atoms with Gasteiger partial charge in [-0.15, -0.1) is 0 Å². The van der Waals surface area contributed by atoms with Gasteiger partial charge in [-0.05, 0) is 36.1 Å². The van der Waals surface area contributed by atoms with E-state index in [9.17, 15) is 9.90 Å². The Labute approximate surface area is 129 Å². The maximum absolute atomic E-state index is 11.5. The Morgan fingerprint density at radius 3 is 2.64 bits per heavy atom. The Morgan fingerprint density at radius 1 is 1.18 bits per heavy atom. The van der Waals surface area contributed by atoms with E-state index in [2.05, 4.69) is 5.32 Å². The number of benzene rings is 2. The molecule has 4 heteroatoms. The van der Waals surface area contributed by atoms with E-state index in [0.717, 1.165) is 24.0 Å². The molecule has 3 rings (SSSR count). The van der Waals surface area contributed by atoms with Gasteiger partial charge < -0.3 is 9.84 Å². The summed E-state index contributed by atoms with van der Waals surface area (Å²) in [6.45, 7) is 0.470. The molecular weight excluding hydrogens is 278 g/mol. The average Bonchev–Trinajstić information content (AvgIpc) is 3.36. The zero-order chi connectivity index (χ0) is 15.4. The van der Waals surface area contributed by atoms with Gasteiger partial charge in [-0.1, -0.05) is 42.5 Å². The van der Waals surface area contributed by atoms with Crippen molar-refractivity contribution in [2.45, 2.75) is 31.5 Å². The fourth-order valence-corrected chi connectivity index (χ4v) is 2.32. The molecule has 0 spiro atoms. The fraction of sp³-hybridized carbons (Fsp3) is 0.278. The lowest BCUT2D eigenvalue weighted by molar-refractivity contribution is -0.139. The van der Waals surface area contributed by atoms with Crippen LogP contribution in [0.3, 0.4) is 0 Å². The van der Waals surface area contributed by atoms with Crippen molar-refractivity contribution in [3.05, 3.63) is 65.7 Å². The van der Waals surface area contributed by atoms with Crippen molar-refractivity contribution >= 4 is 5.97 Å². The molecule has 2 aromatic carbocycles. The molecule has 4 nitrogen and oxygen atoms in total. The summed E-state index contributed by atoms with van der Waals surface area (Å²) in [5.41, 5.74) is 1.81. The molecule has 1 aliphatic rings. The maximum atomic E-state index is 11.5. The summed E-state index contributed by atoms with van der Waals surface area (Å²) >= 11 is 0. The van der Waals surface area contributed by atoms with Crippen LogP contribution in [0.4, 0.5) is 0 Å². The van der Waals surface area contributed by atoms with Crippen molar-refractivity contribution < 1.29 is 14.6 Å². The van der Waals surface area contributed by atoms with Crippen LogP contribution in [0.5, 0.6) is 5.75 Å². The zero-order valence-corrected chi connectivity index (χ0v) is 12.2. The van der Waals surface area contributed by atoms with Gasteiger partial charge in [0.05, 0.1) is 0 Å². The second-order valence-corrected chi connectivity index (χ2v) is 5.56. The Kier molecular flexibility index (Phi) is 4.39. The van der Waals surface area contributed by atoms with Crippen LogP contribution in [0.2, 0.25) is 0 Å². The molecule has 0 radical (unpaired) electrons. The molecular formula is C18H19NO3. The minimum atomic E-state index is -0.855. The maximum Gasteiger partial charge on any atom is 0.325 e. The molecule has 1 fully saturated rings. The van der Waals surface area contributed by atoms with Gasteiger partial charge in [-0.2, -0.15) is 0 Å². The molecule has 2 N–H and O–H groups in total. The van der Waals surface area contributed by atoms with Crippen LogP contribution in [0, 0.1) is 0 Å². The second kappa shape index (κ2) is 6.62. The van der Waals surface area contributed by atoms with Gasteiger partial charge in [0.15, 0.2) is 0 Å². The quantitative estimate of drug-likeness (QED) is 0.824. The van der Waals surface area contributed by atoms with E-state index in [4.69, 9.17) is 4.74 Å². The van der Waals surface area contributed by atoms with E-state index in [1.165, 1.54) is 0 Å². The largest absolute Gasteiger partial charge is 0.489 e. The molecule has 0 heterocycles. The SMILES string of the molecule is O=C(O)C(NC1CC1)c1cccc(OCc2ccccc2)c1. The number of hydrogen-bond donors (Lipinski definition) is 2. The number of rotatable bonds is 7. The minimum absolute atomic E-state index is 0.329. The Hall–Kier alpha value is -2.33. The van der Waals surface area contributed by atoms with E-state index in [1.807, 2.05) is 48.5 Å². The average molecular weight is 297 g/mol. The van der Waals surface area contributed by atoms with Gasteiger partial charge in [0.2, 0.25) is 0 Å². The number of carboxylic acid groups (broad SMARTS) is 1. The number of aliphatic carboxylic acids is 1. The standard InChI is InChI=1S/C18H19NO3/c20-18(21)17(19-15-9-10-15)14-7-4-8-16(11-14)22-12-13-5-2-1-3-6-13/h1-8,11,15,17,19H,9-10,12H2,(H,20,21). The van der Waals surface area contributed by atoms with E-state index in [0.29, 0.717) is 18.4 Å². The van der Waals surface area contributed by atoms with Gasteiger partial charge in [-0.25, -0.2) is 0 Å². The zero-order valence-electron chi connectivity index (χ0n) is 12.2. The predicted molar refractivity (Wildman–Crippen MR) is 83.8 cm³/mol. The Balaban J connectivity index is 1.69. The number of ether oxygens (including phenoxy) is 1. The van der Waals surface area contributed by atoms with Crippen LogP contribution in [0.25, 0.3) is 0 Å². The molecule has 0 bridgehead atoms. The van der Waals surface area contributed by atoms with Crippen LogP contribution in [0.15, 0.2) is 54.6 Å². The number of carbonyl (C=O) groups is 1. The van der Waals surface area contributed by atoms with Crippen LogP contribution >= 0.6 is 0 Å². The molecule has 1 saturated carbocycles. The molecule has 0 aliphatic heterocycles. The first kappa shape index (κ1) is 14.6. The first-order valence-electron chi connectivity index (χ1n) is 7.48. The van der Waals surface area contributed by atoms with Crippen LogP contribution < -0.4 is 10.1 Å². The second-order valence-electron chi connectivity index (χ2n) is 5.56. The predicted octanol–water partition coefficient (Wildman–Crippen LogP) is 3.14. The summed E-state index contributed by atoms with van der Waals surface area (Å²) in [5, 5.41) is 12.6. The molecule has 0 saturated heterocycles. The molecule has 1 aliphatic carbocycles. The van der Waals surface area contributed by atoms with Crippen molar-refractivity contribution in [2.24, 2.45) is 0 Å². The normalized spacial score (nSPS) is 15.3. The Bertz CT molecular complexity index is 638. The number of carboxylic acids is 1. The van der Waals surface area contributed by atoms with Gasteiger partial charge in [-0.3, -0.25) is 10.1 Å². The third kappa shape index (κ3) is 3.86. The lowest BCUT2D eigenvalue weighted by Gasteiger charge is -2.15. The topological polar surface area (TPSA) is 58.6 Å². The summed E-state index contributed by atoms with van der Waals surface area (Å²) in [5.74, 6) is -0.169. The van der Waals surface area contributed by atoms with Crippen molar-refractivity contribution in [2.75, 3.05) is 0 Å². The van der Waals surface area contributed by atoms with E-state index < -0.39 is 12.0 Å². The van der Waals surface area contributed by atoms with Gasteiger partial charge in [0, 0.05) is 6.04 Å². The highest BCUT2D eigenvalue weighted by Gasteiger charge is 2.29. The molecule has 22 heavy (non-hydrogen) atoms. The number of nitrogens with one attached hydrogen (secondary N) is 1. The molecule has 0 amide bonds. The van der Waals surface area contributed by atoms with Crippen molar-refractivity contribution in [1.82, 2.24) is 5.32 Å². The summed E-state index contributed by atoms with van der Waals surface area (Å²) in [4.78, 5) is 11.5.